The van der Waals surface area contributed by atoms with E-state index in [4.69, 9.17) is 0 Å². The molecule has 0 radical (unpaired) electrons. The summed E-state index contributed by atoms with van der Waals surface area (Å²) in [5.41, 5.74) is 7.36. The van der Waals surface area contributed by atoms with Crippen LogP contribution in [0.1, 0.15) is 71.5 Å². The SMILES string of the molecule is CCC(C)NC(=O)c1c(C)c2c(n1Cc1ccc(C)cc1)CCCC2. The van der Waals surface area contributed by atoms with Crippen molar-refractivity contribution in [3.8, 4) is 0 Å². The van der Waals surface area contributed by atoms with Crippen LogP contribution in [0.5, 0.6) is 0 Å². The Kier molecular flexibility index (Phi) is 5.31. The molecule has 0 saturated carbocycles. The summed E-state index contributed by atoms with van der Waals surface area (Å²) in [7, 11) is 0. The zero-order valence-corrected chi connectivity index (χ0v) is 16.0. The van der Waals surface area contributed by atoms with Crippen LogP contribution in [0, 0.1) is 13.8 Å². The number of fused-ring (bicyclic) bond motifs is 1. The van der Waals surface area contributed by atoms with Crippen LogP contribution >= 0.6 is 0 Å². The molecule has 0 aliphatic heterocycles. The minimum atomic E-state index is 0.0772. The standard InChI is InChI=1S/C22H30N2O/c1-5-16(3)23-22(25)21-17(4)19-8-6-7-9-20(19)24(21)14-18-12-10-15(2)11-13-18/h10-13,16H,5-9,14H2,1-4H3,(H,23,25). The first-order valence-corrected chi connectivity index (χ1v) is 9.58. The van der Waals surface area contributed by atoms with Crippen LogP contribution in [0.2, 0.25) is 0 Å². The molecule has 3 nitrogen and oxygen atoms in total. The van der Waals surface area contributed by atoms with E-state index in [1.165, 1.54) is 40.8 Å². The highest BCUT2D eigenvalue weighted by Crippen LogP contribution is 2.30. The summed E-state index contributed by atoms with van der Waals surface area (Å²) in [6.45, 7) is 9.19. The van der Waals surface area contributed by atoms with Gasteiger partial charge in [0.15, 0.2) is 0 Å². The highest BCUT2D eigenvalue weighted by Gasteiger charge is 2.26. The molecule has 1 unspecified atom stereocenters. The molecular formula is C22H30N2O. The molecule has 1 aliphatic rings. The third-order valence-electron chi connectivity index (χ3n) is 5.51. The van der Waals surface area contributed by atoms with Crippen molar-refractivity contribution in [2.24, 2.45) is 0 Å². The van der Waals surface area contributed by atoms with E-state index in [1.54, 1.807) is 0 Å². The average molecular weight is 338 g/mol. The fourth-order valence-electron chi connectivity index (χ4n) is 3.81. The maximum Gasteiger partial charge on any atom is 0.268 e. The molecule has 1 atom stereocenters. The van der Waals surface area contributed by atoms with Crippen LogP contribution in [0.25, 0.3) is 0 Å². The molecular weight excluding hydrogens is 308 g/mol. The summed E-state index contributed by atoms with van der Waals surface area (Å²) in [6.07, 6.45) is 5.58. The van der Waals surface area contributed by atoms with Gasteiger partial charge in [-0.2, -0.15) is 0 Å². The highest BCUT2D eigenvalue weighted by molar-refractivity contribution is 5.95. The van der Waals surface area contributed by atoms with Crippen LogP contribution < -0.4 is 5.32 Å². The molecule has 0 saturated heterocycles. The number of hydrogen-bond donors (Lipinski definition) is 1. The number of hydrogen-bond acceptors (Lipinski definition) is 1. The van der Waals surface area contributed by atoms with Gasteiger partial charge in [-0.25, -0.2) is 0 Å². The Labute approximate surface area is 151 Å². The van der Waals surface area contributed by atoms with Crippen LogP contribution in [-0.4, -0.2) is 16.5 Å². The zero-order chi connectivity index (χ0) is 18.0. The number of carbonyl (C=O) groups is 1. The minimum Gasteiger partial charge on any atom is -0.348 e. The molecule has 1 heterocycles. The third kappa shape index (κ3) is 3.65. The monoisotopic (exact) mass is 338 g/mol. The second kappa shape index (κ2) is 7.47. The van der Waals surface area contributed by atoms with E-state index in [0.29, 0.717) is 0 Å². The van der Waals surface area contributed by atoms with Gasteiger partial charge in [0.25, 0.3) is 5.91 Å². The molecule has 1 amide bonds. The molecule has 134 valence electrons. The van der Waals surface area contributed by atoms with E-state index >= 15 is 0 Å². The van der Waals surface area contributed by atoms with Gasteiger partial charge in [-0.15, -0.1) is 0 Å². The summed E-state index contributed by atoms with van der Waals surface area (Å²) in [6, 6.07) is 8.85. The number of amides is 1. The minimum absolute atomic E-state index is 0.0772. The smallest absolute Gasteiger partial charge is 0.268 e. The number of aromatic nitrogens is 1. The fraction of sp³-hybridized carbons (Fsp3) is 0.500. The number of nitrogens with zero attached hydrogens (tertiary/aromatic N) is 1. The molecule has 1 N–H and O–H groups in total. The fourth-order valence-corrected chi connectivity index (χ4v) is 3.81. The quantitative estimate of drug-likeness (QED) is 0.852. The van der Waals surface area contributed by atoms with Gasteiger partial charge in [0.05, 0.1) is 0 Å². The topological polar surface area (TPSA) is 34.0 Å². The van der Waals surface area contributed by atoms with Crippen molar-refractivity contribution < 1.29 is 4.79 Å². The molecule has 0 bridgehead atoms. The van der Waals surface area contributed by atoms with Gasteiger partial charge in [-0.1, -0.05) is 36.8 Å². The van der Waals surface area contributed by atoms with Crippen molar-refractivity contribution in [1.82, 2.24) is 9.88 Å². The lowest BCUT2D eigenvalue weighted by molar-refractivity contribution is 0.0929. The molecule has 0 fully saturated rings. The Bertz CT molecular complexity index is 755. The number of carbonyl (C=O) groups excluding carboxylic acids is 1. The Morgan fingerprint density at radius 1 is 1.16 bits per heavy atom. The van der Waals surface area contributed by atoms with Crippen LogP contribution in [0.3, 0.4) is 0 Å². The molecule has 3 heteroatoms. The zero-order valence-electron chi connectivity index (χ0n) is 16.0. The summed E-state index contributed by atoms with van der Waals surface area (Å²) >= 11 is 0. The Morgan fingerprint density at radius 3 is 2.52 bits per heavy atom. The molecule has 3 rings (SSSR count). The summed E-state index contributed by atoms with van der Waals surface area (Å²) in [4.78, 5) is 13.0. The first kappa shape index (κ1) is 17.8. The normalized spacial score (nSPS) is 14.9. The van der Waals surface area contributed by atoms with Crippen molar-refractivity contribution in [3.63, 3.8) is 0 Å². The number of rotatable bonds is 5. The summed E-state index contributed by atoms with van der Waals surface area (Å²) < 4.78 is 2.28. The second-order valence-corrected chi connectivity index (χ2v) is 7.46. The molecule has 25 heavy (non-hydrogen) atoms. The largest absolute Gasteiger partial charge is 0.348 e. The van der Waals surface area contributed by atoms with Crippen molar-refractivity contribution >= 4 is 5.91 Å². The highest BCUT2D eigenvalue weighted by atomic mass is 16.2. The van der Waals surface area contributed by atoms with Gasteiger partial charge in [-0.05, 0) is 69.6 Å². The molecule has 1 aromatic carbocycles. The van der Waals surface area contributed by atoms with Gasteiger partial charge < -0.3 is 9.88 Å². The predicted molar refractivity (Wildman–Crippen MR) is 103 cm³/mol. The number of nitrogens with one attached hydrogen (secondary N) is 1. The van der Waals surface area contributed by atoms with Crippen molar-refractivity contribution in [2.75, 3.05) is 0 Å². The molecule has 1 aliphatic carbocycles. The van der Waals surface area contributed by atoms with Crippen molar-refractivity contribution in [2.45, 2.75) is 72.4 Å². The van der Waals surface area contributed by atoms with Crippen LogP contribution in [0.15, 0.2) is 24.3 Å². The maximum atomic E-state index is 13.0. The maximum absolute atomic E-state index is 13.0. The van der Waals surface area contributed by atoms with E-state index in [9.17, 15) is 4.79 Å². The van der Waals surface area contributed by atoms with Gasteiger partial charge >= 0.3 is 0 Å². The first-order valence-electron chi connectivity index (χ1n) is 9.58. The van der Waals surface area contributed by atoms with E-state index in [2.05, 4.69) is 61.8 Å². The van der Waals surface area contributed by atoms with E-state index < -0.39 is 0 Å². The third-order valence-corrected chi connectivity index (χ3v) is 5.51. The van der Waals surface area contributed by atoms with Gasteiger partial charge in [0.1, 0.15) is 5.69 Å². The predicted octanol–water partition coefficient (Wildman–Crippen LogP) is 4.56. The lowest BCUT2D eigenvalue weighted by atomic mass is 9.95. The number of benzene rings is 1. The average Bonchev–Trinajstić information content (AvgIpc) is 2.89. The lowest BCUT2D eigenvalue weighted by Crippen LogP contribution is -2.34. The first-order chi connectivity index (χ1) is 12.0. The van der Waals surface area contributed by atoms with Gasteiger partial charge in [0, 0.05) is 18.3 Å². The van der Waals surface area contributed by atoms with Crippen molar-refractivity contribution in [3.05, 3.63) is 57.9 Å². The van der Waals surface area contributed by atoms with Gasteiger partial charge in [-0.3, -0.25) is 4.79 Å². The molecule has 1 aromatic heterocycles. The lowest BCUT2D eigenvalue weighted by Gasteiger charge is -2.18. The second-order valence-electron chi connectivity index (χ2n) is 7.46. The molecule has 0 spiro atoms. The number of aryl methyl sites for hydroxylation is 1. The summed E-state index contributed by atoms with van der Waals surface area (Å²) in [5.74, 6) is 0.0772. The summed E-state index contributed by atoms with van der Waals surface area (Å²) in [5, 5.41) is 3.17. The Balaban J connectivity index is 2.01. The van der Waals surface area contributed by atoms with E-state index in [-0.39, 0.29) is 11.9 Å². The Morgan fingerprint density at radius 2 is 1.84 bits per heavy atom. The van der Waals surface area contributed by atoms with Crippen LogP contribution in [-0.2, 0) is 19.4 Å². The Hall–Kier alpha value is -2.03. The van der Waals surface area contributed by atoms with Crippen LogP contribution in [0.4, 0.5) is 0 Å². The van der Waals surface area contributed by atoms with Gasteiger partial charge in [0.2, 0.25) is 0 Å². The van der Waals surface area contributed by atoms with E-state index in [1.807, 2.05) is 0 Å². The van der Waals surface area contributed by atoms with Crippen molar-refractivity contribution in [1.29, 1.82) is 0 Å². The molecule has 2 aromatic rings. The van der Waals surface area contributed by atoms with E-state index in [0.717, 1.165) is 31.5 Å².